The minimum absolute atomic E-state index is 0.108. The maximum Gasteiger partial charge on any atom is 0.340 e. The SMILES string of the molecule is CNS(=O)(=O)Nc1cccc(Cc2c(C)c3ccc(Oc4ncccc4F)cc3oc2=O)c1F. The molecule has 2 heterocycles. The van der Waals surface area contributed by atoms with Crippen molar-refractivity contribution in [2.24, 2.45) is 0 Å². The van der Waals surface area contributed by atoms with Gasteiger partial charge in [-0.25, -0.2) is 23.3 Å². The number of aryl methyl sites for hydroxylation is 1. The summed E-state index contributed by atoms with van der Waals surface area (Å²) < 4.78 is 67.2. The predicted molar refractivity (Wildman–Crippen MR) is 122 cm³/mol. The number of fused-ring (bicyclic) bond motifs is 1. The Labute approximate surface area is 193 Å². The van der Waals surface area contributed by atoms with E-state index in [-0.39, 0.29) is 40.4 Å². The van der Waals surface area contributed by atoms with Crippen LogP contribution >= 0.6 is 0 Å². The van der Waals surface area contributed by atoms with Gasteiger partial charge < -0.3 is 9.15 Å². The maximum atomic E-state index is 15.0. The van der Waals surface area contributed by atoms with Gasteiger partial charge in [-0.1, -0.05) is 12.1 Å². The van der Waals surface area contributed by atoms with E-state index in [9.17, 15) is 22.0 Å². The zero-order chi connectivity index (χ0) is 24.5. The second-order valence-corrected chi connectivity index (χ2v) is 8.93. The van der Waals surface area contributed by atoms with Gasteiger partial charge in [0.05, 0.1) is 5.69 Å². The molecule has 0 fully saturated rings. The molecule has 0 radical (unpaired) electrons. The van der Waals surface area contributed by atoms with E-state index in [1.54, 1.807) is 19.1 Å². The third-order valence-electron chi connectivity index (χ3n) is 5.16. The third kappa shape index (κ3) is 4.75. The molecule has 0 atom stereocenters. The lowest BCUT2D eigenvalue weighted by atomic mass is 9.99. The molecule has 2 N–H and O–H groups in total. The number of ether oxygens (including phenoxy) is 1. The van der Waals surface area contributed by atoms with Crippen molar-refractivity contribution in [3.05, 3.63) is 93.5 Å². The van der Waals surface area contributed by atoms with E-state index >= 15 is 0 Å². The van der Waals surface area contributed by atoms with Crippen molar-refractivity contribution < 1.29 is 26.4 Å². The minimum Gasteiger partial charge on any atom is -0.436 e. The summed E-state index contributed by atoms with van der Waals surface area (Å²) in [5.74, 6) is -1.45. The summed E-state index contributed by atoms with van der Waals surface area (Å²) in [6.07, 6.45) is 1.26. The summed E-state index contributed by atoms with van der Waals surface area (Å²) in [7, 11) is -2.73. The van der Waals surface area contributed by atoms with Crippen LogP contribution in [0.1, 0.15) is 16.7 Å². The van der Waals surface area contributed by atoms with E-state index in [0.29, 0.717) is 10.9 Å². The highest BCUT2D eigenvalue weighted by Gasteiger charge is 2.18. The first-order valence-corrected chi connectivity index (χ1v) is 11.5. The Morgan fingerprint density at radius 1 is 1.12 bits per heavy atom. The number of aromatic nitrogens is 1. The van der Waals surface area contributed by atoms with Crippen molar-refractivity contribution in [3.8, 4) is 11.6 Å². The second kappa shape index (κ2) is 9.20. The first-order valence-electron chi connectivity index (χ1n) is 10.0. The van der Waals surface area contributed by atoms with Gasteiger partial charge in [0, 0.05) is 36.7 Å². The fourth-order valence-electron chi connectivity index (χ4n) is 3.38. The highest BCUT2D eigenvalue weighted by molar-refractivity contribution is 7.90. The standard InChI is InChI=1S/C23H19F2N3O5S/c1-13-16-9-8-15(32-22-18(24)6-4-10-27-22)12-20(16)33-23(29)17(13)11-14-5-3-7-19(21(14)25)28-34(30,31)26-2/h3-10,12,26,28H,11H2,1-2H3. The highest BCUT2D eigenvalue weighted by Crippen LogP contribution is 2.29. The second-order valence-electron chi connectivity index (χ2n) is 7.31. The first-order chi connectivity index (χ1) is 16.2. The molecule has 0 saturated heterocycles. The topological polar surface area (TPSA) is 111 Å². The Kier molecular flexibility index (Phi) is 6.31. The molecular formula is C23H19F2N3O5S. The number of hydrogen-bond donors (Lipinski definition) is 2. The van der Waals surface area contributed by atoms with Gasteiger partial charge in [-0.2, -0.15) is 8.42 Å². The Morgan fingerprint density at radius 2 is 1.91 bits per heavy atom. The van der Waals surface area contributed by atoms with Crippen LogP contribution in [0, 0.1) is 18.6 Å². The minimum atomic E-state index is -3.92. The number of hydrogen-bond acceptors (Lipinski definition) is 6. The normalized spacial score (nSPS) is 11.5. The monoisotopic (exact) mass is 487 g/mol. The van der Waals surface area contributed by atoms with Crippen LogP contribution in [0.3, 0.4) is 0 Å². The Balaban J connectivity index is 1.68. The number of benzene rings is 2. The summed E-state index contributed by atoms with van der Waals surface area (Å²) in [4.78, 5) is 16.6. The molecule has 0 unspecified atom stereocenters. The van der Waals surface area contributed by atoms with Gasteiger partial charge in [0.2, 0.25) is 0 Å². The molecule has 8 nitrogen and oxygen atoms in total. The van der Waals surface area contributed by atoms with Crippen molar-refractivity contribution >= 4 is 26.9 Å². The van der Waals surface area contributed by atoms with E-state index in [4.69, 9.17) is 9.15 Å². The molecule has 0 aliphatic carbocycles. The summed E-state index contributed by atoms with van der Waals surface area (Å²) in [6.45, 7) is 1.69. The van der Waals surface area contributed by atoms with Gasteiger partial charge >= 0.3 is 5.63 Å². The van der Waals surface area contributed by atoms with Crippen LogP contribution in [0.4, 0.5) is 14.5 Å². The van der Waals surface area contributed by atoms with Gasteiger partial charge in [-0.05, 0) is 48.4 Å². The molecule has 176 valence electrons. The number of halogens is 2. The first kappa shape index (κ1) is 23.3. The summed E-state index contributed by atoms with van der Waals surface area (Å²) >= 11 is 0. The molecular weight excluding hydrogens is 468 g/mol. The van der Waals surface area contributed by atoms with E-state index < -0.39 is 27.5 Å². The number of nitrogens with one attached hydrogen (secondary N) is 2. The van der Waals surface area contributed by atoms with E-state index in [2.05, 4.69) is 9.71 Å². The Hall–Kier alpha value is -3.83. The zero-order valence-corrected chi connectivity index (χ0v) is 18.9. The van der Waals surface area contributed by atoms with Gasteiger partial charge in [0.25, 0.3) is 16.1 Å². The quantitative estimate of drug-likeness (QED) is 0.381. The van der Waals surface area contributed by atoms with Crippen molar-refractivity contribution in [3.63, 3.8) is 0 Å². The maximum absolute atomic E-state index is 15.0. The van der Waals surface area contributed by atoms with Crippen molar-refractivity contribution in [2.45, 2.75) is 13.3 Å². The zero-order valence-electron chi connectivity index (χ0n) is 18.1. The largest absolute Gasteiger partial charge is 0.436 e. The van der Waals surface area contributed by atoms with Crippen molar-refractivity contribution in [1.29, 1.82) is 0 Å². The molecule has 0 amide bonds. The molecule has 0 bridgehead atoms. The Morgan fingerprint density at radius 3 is 2.65 bits per heavy atom. The molecule has 4 aromatic rings. The van der Waals surface area contributed by atoms with Crippen molar-refractivity contribution in [2.75, 3.05) is 11.8 Å². The molecule has 11 heteroatoms. The van der Waals surface area contributed by atoms with Crippen LogP contribution in [-0.2, 0) is 16.6 Å². The van der Waals surface area contributed by atoms with Crippen LogP contribution < -0.4 is 19.8 Å². The van der Waals surface area contributed by atoms with Crippen LogP contribution in [0.2, 0.25) is 0 Å². The fraction of sp³-hybridized carbons (Fsp3) is 0.130. The molecule has 0 saturated carbocycles. The van der Waals surface area contributed by atoms with Crippen LogP contribution in [0.25, 0.3) is 11.0 Å². The van der Waals surface area contributed by atoms with Gasteiger partial charge in [0.1, 0.15) is 11.3 Å². The lowest BCUT2D eigenvalue weighted by molar-refractivity contribution is 0.422. The average molecular weight is 487 g/mol. The molecule has 2 aromatic carbocycles. The summed E-state index contributed by atoms with van der Waals surface area (Å²) in [5.41, 5.74) is 0.143. The smallest absolute Gasteiger partial charge is 0.340 e. The van der Waals surface area contributed by atoms with E-state index in [1.807, 2.05) is 4.72 Å². The molecule has 0 spiro atoms. The lowest BCUT2D eigenvalue weighted by Crippen LogP contribution is -2.27. The third-order valence-corrected chi connectivity index (χ3v) is 6.18. The molecule has 34 heavy (non-hydrogen) atoms. The highest BCUT2D eigenvalue weighted by atomic mass is 32.2. The predicted octanol–water partition coefficient (Wildman–Crippen LogP) is 4.03. The number of anilines is 1. The van der Waals surface area contributed by atoms with Crippen LogP contribution in [0.15, 0.2) is 63.9 Å². The summed E-state index contributed by atoms with van der Waals surface area (Å²) in [6, 6.07) is 11.5. The van der Waals surface area contributed by atoms with E-state index in [1.165, 1.54) is 49.6 Å². The van der Waals surface area contributed by atoms with Gasteiger partial charge in [0.15, 0.2) is 11.6 Å². The summed E-state index contributed by atoms with van der Waals surface area (Å²) in [5, 5.41) is 0.580. The lowest BCUT2D eigenvalue weighted by Gasteiger charge is -2.12. The number of pyridine rings is 1. The van der Waals surface area contributed by atoms with Crippen LogP contribution in [-0.4, -0.2) is 20.4 Å². The molecule has 4 rings (SSSR count). The fourth-order valence-corrected chi connectivity index (χ4v) is 3.93. The van der Waals surface area contributed by atoms with Crippen LogP contribution in [0.5, 0.6) is 11.6 Å². The molecule has 0 aliphatic rings. The van der Waals surface area contributed by atoms with Gasteiger partial charge in [-0.3, -0.25) is 4.72 Å². The average Bonchev–Trinajstić information content (AvgIpc) is 2.80. The number of nitrogens with zero attached hydrogens (tertiary/aromatic N) is 1. The van der Waals surface area contributed by atoms with Gasteiger partial charge in [-0.15, -0.1) is 0 Å². The number of rotatable bonds is 7. The molecule has 2 aromatic heterocycles. The van der Waals surface area contributed by atoms with Crippen molar-refractivity contribution in [1.82, 2.24) is 9.71 Å². The Bertz CT molecular complexity index is 1550. The molecule has 0 aliphatic heterocycles. The van der Waals surface area contributed by atoms with E-state index in [0.717, 1.165) is 0 Å².